The molecule has 22 heavy (non-hydrogen) atoms. The van der Waals surface area contributed by atoms with Crippen LogP contribution in [0.5, 0.6) is 0 Å². The molecule has 2 amide bonds. The van der Waals surface area contributed by atoms with Crippen LogP contribution in [0.4, 0.5) is 4.79 Å². The number of carbonyl (C=O) groups is 3. The maximum absolute atomic E-state index is 12.0. The molecule has 0 spiro atoms. The first-order valence-electron chi connectivity index (χ1n) is 7.37. The molecule has 0 atom stereocenters. The molecule has 0 unspecified atom stereocenters. The number of benzene rings is 1. The van der Waals surface area contributed by atoms with Crippen LogP contribution in [0, 0.1) is 0 Å². The standard InChI is InChI=1S/C16H20N2O4/c19-12-4-7-15(20)17-8-10-18(11-9-17)16(21)22-13-14-5-2-1-3-6-14/h1-3,5-6,12H,4,7-11,13H2. The van der Waals surface area contributed by atoms with Crippen molar-refractivity contribution in [1.29, 1.82) is 0 Å². The van der Waals surface area contributed by atoms with Crippen LogP contribution in [0.2, 0.25) is 0 Å². The largest absolute Gasteiger partial charge is 0.445 e. The monoisotopic (exact) mass is 304 g/mol. The van der Waals surface area contributed by atoms with Crippen LogP contribution < -0.4 is 0 Å². The smallest absolute Gasteiger partial charge is 0.410 e. The number of piperazine rings is 1. The third kappa shape index (κ3) is 4.58. The quantitative estimate of drug-likeness (QED) is 0.772. The van der Waals surface area contributed by atoms with Crippen molar-refractivity contribution in [3.05, 3.63) is 35.9 Å². The third-order valence-electron chi connectivity index (χ3n) is 3.57. The zero-order valence-corrected chi connectivity index (χ0v) is 12.4. The summed E-state index contributed by atoms with van der Waals surface area (Å²) in [5, 5.41) is 0. The highest BCUT2D eigenvalue weighted by Gasteiger charge is 2.24. The van der Waals surface area contributed by atoms with Crippen LogP contribution in [0.1, 0.15) is 18.4 Å². The molecule has 1 heterocycles. The van der Waals surface area contributed by atoms with E-state index in [2.05, 4.69) is 0 Å². The lowest BCUT2D eigenvalue weighted by Gasteiger charge is -2.34. The highest BCUT2D eigenvalue weighted by molar-refractivity contribution is 5.78. The first-order chi connectivity index (χ1) is 10.7. The molecule has 1 aliphatic rings. The van der Waals surface area contributed by atoms with Crippen molar-refractivity contribution >= 4 is 18.3 Å². The summed E-state index contributed by atoms with van der Waals surface area (Å²) >= 11 is 0. The Bertz CT molecular complexity index is 510. The molecule has 2 rings (SSSR count). The van der Waals surface area contributed by atoms with E-state index in [1.807, 2.05) is 30.3 Å². The maximum Gasteiger partial charge on any atom is 0.410 e. The van der Waals surface area contributed by atoms with Crippen LogP contribution in [-0.2, 0) is 20.9 Å². The van der Waals surface area contributed by atoms with Crippen molar-refractivity contribution in [2.75, 3.05) is 26.2 Å². The number of aldehydes is 1. The fourth-order valence-corrected chi connectivity index (χ4v) is 2.29. The number of amides is 2. The zero-order valence-electron chi connectivity index (χ0n) is 12.4. The molecule has 1 fully saturated rings. The number of hydrogen-bond acceptors (Lipinski definition) is 4. The van der Waals surface area contributed by atoms with E-state index in [0.717, 1.165) is 11.8 Å². The number of carbonyl (C=O) groups excluding carboxylic acids is 3. The summed E-state index contributed by atoms with van der Waals surface area (Å²) in [6.07, 6.45) is 0.874. The van der Waals surface area contributed by atoms with Crippen molar-refractivity contribution in [1.82, 2.24) is 9.80 Å². The van der Waals surface area contributed by atoms with Crippen molar-refractivity contribution in [2.24, 2.45) is 0 Å². The minimum absolute atomic E-state index is 0.0376. The molecule has 0 N–H and O–H groups in total. The van der Waals surface area contributed by atoms with Gasteiger partial charge in [-0.25, -0.2) is 4.79 Å². The molecule has 6 nitrogen and oxygen atoms in total. The van der Waals surface area contributed by atoms with Crippen LogP contribution in [0.3, 0.4) is 0 Å². The summed E-state index contributed by atoms with van der Waals surface area (Å²) in [6.45, 7) is 2.13. The van der Waals surface area contributed by atoms with Gasteiger partial charge in [-0.3, -0.25) is 4.79 Å². The number of ether oxygens (including phenoxy) is 1. The third-order valence-corrected chi connectivity index (χ3v) is 3.57. The Morgan fingerprint density at radius 3 is 2.32 bits per heavy atom. The van der Waals surface area contributed by atoms with Gasteiger partial charge in [-0.05, 0) is 5.56 Å². The lowest BCUT2D eigenvalue weighted by Crippen LogP contribution is -2.50. The Morgan fingerprint density at radius 1 is 1.05 bits per heavy atom. The van der Waals surface area contributed by atoms with Gasteiger partial charge in [0, 0.05) is 39.0 Å². The highest BCUT2D eigenvalue weighted by Crippen LogP contribution is 2.08. The predicted octanol–water partition coefficient (Wildman–Crippen LogP) is 1.45. The molecule has 0 bridgehead atoms. The molecule has 0 aliphatic carbocycles. The summed E-state index contributed by atoms with van der Waals surface area (Å²) in [5.41, 5.74) is 0.943. The highest BCUT2D eigenvalue weighted by atomic mass is 16.6. The Balaban J connectivity index is 1.73. The van der Waals surface area contributed by atoms with Crippen molar-refractivity contribution in [3.8, 4) is 0 Å². The van der Waals surface area contributed by atoms with Gasteiger partial charge in [-0.1, -0.05) is 30.3 Å². The fourth-order valence-electron chi connectivity index (χ4n) is 2.29. The van der Waals surface area contributed by atoms with E-state index in [9.17, 15) is 14.4 Å². The molecule has 118 valence electrons. The Kier molecular flexibility index (Phi) is 5.94. The first-order valence-corrected chi connectivity index (χ1v) is 7.37. The van der Waals surface area contributed by atoms with Gasteiger partial charge in [0.05, 0.1) is 0 Å². The summed E-state index contributed by atoms with van der Waals surface area (Å²) in [7, 11) is 0. The normalized spacial score (nSPS) is 14.5. The van der Waals surface area contributed by atoms with Crippen molar-refractivity contribution in [3.63, 3.8) is 0 Å². The average molecular weight is 304 g/mol. The van der Waals surface area contributed by atoms with Gasteiger partial charge in [-0.2, -0.15) is 0 Å². The number of rotatable bonds is 5. The molecular weight excluding hydrogens is 284 g/mol. The molecular formula is C16H20N2O4. The van der Waals surface area contributed by atoms with E-state index in [4.69, 9.17) is 4.74 Å². The average Bonchev–Trinajstić information content (AvgIpc) is 2.58. The Morgan fingerprint density at radius 2 is 1.68 bits per heavy atom. The second-order valence-corrected chi connectivity index (χ2v) is 5.11. The van der Waals surface area contributed by atoms with Crippen LogP contribution in [0.15, 0.2) is 30.3 Å². The minimum Gasteiger partial charge on any atom is -0.445 e. The Hall–Kier alpha value is -2.37. The van der Waals surface area contributed by atoms with E-state index in [1.165, 1.54) is 0 Å². The molecule has 0 aromatic heterocycles. The number of nitrogens with zero attached hydrogens (tertiary/aromatic N) is 2. The SMILES string of the molecule is O=CCCC(=O)N1CCN(C(=O)OCc2ccccc2)CC1. The van der Waals surface area contributed by atoms with Gasteiger partial charge in [0.25, 0.3) is 0 Å². The molecule has 1 saturated heterocycles. The molecule has 0 radical (unpaired) electrons. The summed E-state index contributed by atoms with van der Waals surface area (Å²) < 4.78 is 5.27. The lowest BCUT2D eigenvalue weighted by atomic mass is 10.2. The summed E-state index contributed by atoms with van der Waals surface area (Å²) in [4.78, 5) is 37.3. The molecule has 0 saturated carbocycles. The fraction of sp³-hybridized carbons (Fsp3) is 0.438. The van der Waals surface area contributed by atoms with Crippen molar-refractivity contribution in [2.45, 2.75) is 19.4 Å². The van der Waals surface area contributed by atoms with E-state index >= 15 is 0 Å². The van der Waals surface area contributed by atoms with Gasteiger partial charge in [-0.15, -0.1) is 0 Å². The molecule has 1 aromatic rings. The van der Waals surface area contributed by atoms with Gasteiger partial charge in [0.2, 0.25) is 5.91 Å². The van der Waals surface area contributed by atoms with Crippen LogP contribution in [0.25, 0.3) is 0 Å². The second-order valence-electron chi connectivity index (χ2n) is 5.11. The molecule has 1 aliphatic heterocycles. The van der Waals surface area contributed by atoms with Crippen LogP contribution in [-0.4, -0.2) is 54.3 Å². The second kappa shape index (κ2) is 8.17. The molecule has 1 aromatic carbocycles. The lowest BCUT2D eigenvalue weighted by molar-refractivity contribution is -0.133. The van der Waals surface area contributed by atoms with Gasteiger partial charge < -0.3 is 19.3 Å². The van der Waals surface area contributed by atoms with Crippen molar-refractivity contribution < 1.29 is 19.1 Å². The summed E-state index contributed by atoms with van der Waals surface area (Å²) in [5.74, 6) is -0.0376. The van der Waals surface area contributed by atoms with E-state index < -0.39 is 0 Å². The van der Waals surface area contributed by atoms with Gasteiger partial charge >= 0.3 is 6.09 Å². The maximum atomic E-state index is 12.0. The summed E-state index contributed by atoms with van der Waals surface area (Å²) in [6, 6.07) is 9.50. The predicted molar refractivity (Wildman–Crippen MR) is 80.1 cm³/mol. The van der Waals surface area contributed by atoms with Crippen LogP contribution >= 0.6 is 0 Å². The van der Waals surface area contributed by atoms with Gasteiger partial charge in [0.15, 0.2) is 0 Å². The van der Waals surface area contributed by atoms with E-state index in [1.54, 1.807) is 9.80 Å². The number of hydrogen-bond donors (Lipinski definition) is 0. The zero-order chi connectivity index (χ0) is 15.8. The molecule has 6 heteroatoms. The first kappa shape index (κ1) is 16.0. The minimum atomic E-state index is -0.358. The van der Waals surface area contributed by atoms with E-state index in [0.29, 0.717) is 26.2 Å². The van der Waals surface area contributed by atoms with Gasteiger partial charge in [0.1, 0.15) is 12.9 Å². The topological polar surface area (TPSA) is 66.9 Å². The Labute approximate surface area is 129 Å². The van der Waals surface area contributed by atoms with E-state index in [-0.39, 0.29) is 31.4 Å².